The lowest BCUT2D eigenvalue weighted by Gasteiger charge is -2.30. The van der Waals surface area contributed by atoms with Crippen LogP contribution in [0, 0.1) is 0 Å². The highest BCUT2D eigenvalue weighted by Crippen LogP contribution is 2.38. The number of sulfonamides is 1. The minimum Gasteiger partial charge on any atom is -0.339 e. The SMILES string of the molecule is CN1CCc2c(sc(NC(=O)c3ccc(S(=O)(=O)N4CCCc5ccccc54)cc3)c2C(=O)N2CCCC2)C1. The Morgan fingerprint density at radius 2 is 1.64 bits per heavy atom. The first-order valence-electron chi connectivity index (χ1n) is 13.5. The molecule has 1 saturated heterocycles. The van der Waals surface area contributed by atoms with E-state index in [4.69, 9.17) is 0 Å². The number of carbonyl (C=O) groups excluding carboxylic acids is 2. The Morgan fingerprint density at radius 1 is 0.897 bits per heavy atom. The summed E-state index contributed by atoms with van der Waals surface area (Å²) in [6.45, 7) is 3.53. The molecule has 0 atom stereocenters. The first kappa shape index (κ1) is 26.0. The van der Waals surface area contributed by atoms with Gasteiger partial charge in [0, 0.05) is 43.2 Å². The van der Waals surface area contributed by atoms with Crippen molar-refractivity contribution in [2.24, 2.45) is 0 Å². The maximum atomic E-state index is 13.5. The summed E-state index contributed by atoms with van der Waals surface area (Å²) < 4.78 is 28.4. The topological polar surface area (TPSA) is 90.0 Å². The Labute approximate surface area is 233 Å². The van der Waals surface area contributed by atoms with Crippen LogP contribution in [0.3, 0.4) is 0 Å². The lowest BCUT2D eigenvalue weighted by Crippen LogP contribution is -2.35. The van der Waals surface area contributed by atoms with E-state index in [9.17, 15) is 18.0 Å². The molecule has 10 heteroatoms. The zero-order valence-corrected chi connectivity index (χ0v) is 23.6. The third-order valence-electron chi connectivity index (χ3n) is 7.85. The van der Waals surface area contributed by atoms with Crippen LogP contribution < -0.4 is 9.62 Å². The molecule has 8 nitrogen and oxygen atoms in total. The maximum absolute atomic E-state index is 13.5. The summed E-state index contributed by atoms with van der Waals surface area (Å²) in [6, 6.07) is 13.7. The Morgan fingerprint density at radius 3 is 2.41 bits per heavy atom. The number of rotatable bonds is 5. The molecule has 1 fully saturated rings. The van der Waals surface area contributed by atoms with Gasteiger partial charge in [-0.1, -0.05) is 18.2 Å². The molecule has 6 rings (SSSR count). The monoisotopic (exact) mass is 564 g/mol. The van der Waals surface area contributed by atoms with Crippen LogP contribution >= 0.6 is 11.3 Å². The number of aryl methyl sites for hydroxylation is 1. The summed E-state index contributed by atoms with van der Waals surface area (Å²) in [5.41, 5.74) is 3.76. The van der Waals surface area contributed by atoms with Crippen LogP contribution in [-0.4, -0.2) is 63.3 Å². The van der Waals surface area contributed by atoms with Crippen LogP contribution in [0.1, 0.15) is 56.0 Å². The van der Waals surface area contributed by atoms with Gasteiger partial charge in [0.15, 0.2) is 0 Å². The number of hydrogen-bond donors (Lipinski definition) is 1. The largest absolute Gasteiger partial charge is 0.339 e. The second-order valence-electron chi connectivity index (χ2n) is 10.5. The smallest absolute Gasteiger partial charge is 0.264 e. The predicted molar refractivity (Wildman–Crippen MR) is 153 cm³/mol. The van der Waals surface area contributed by atoms with Gasteiger partial charge in [-0.15, -0.1) is 11.3 Å². The van der Waals surface area contributed by atoms with E-state index in [2.05, 4.69) is 17.3 Å². The van der Waals surface area contributed by atoms with Crippen molar-refractivity contribution in [1.29, 1.82) is 0 Å². The summed E-state index contributed by atoms with van der Waals surface area (Å²) in [7, 11) is -1.71. The first-order valence-corrected chi connectivity index (χ1v) is 15.7. The molecule has 204 valence electrons. The average molecular weight is 565 g/mol. The normalized spacial score (nSPS) is 17.6. The Bertz CT molecular complexity index is 1530. The molecule has 4 heterocycles. The molecule has 0 unspecified atom stereocenters. The van der Waals surface area contributed by atoms with Crippen LogP contribution in [0.2, 0.25) is 0 Å². The number of thiophene rings is 1. The predicted octanol–water partition coefficient (Wildman–Crippen LogP) is 4.37. The number of benzene rings is 2. The van der Waals surface area contributed by atoms with Crippen LogP contribution in [0.4, 0.5) is 10.7 Å². The fourth-order valence-electron chi connectivity index (χ4n) is 5.75. The third-order valence-corrected chi connectivity index (χ3v) is 10.8. The number of nitrogens with zero attached hydrogens (tertiary/aromatic N) is 3. The van der Waals surface area contributed by atoms with Crippen LogP contribution in [0.5, 0.6) is 0 Å². The second-order valence-corrected chi connectivity index (χ2v) is 13.5. The summed E-state index contributed by atoms with van der Waals surface area (Å²) in [6.07, 6.45) is 4.39. The minimum absolute atomic E-state index is 0.00638. The molecule has 2 amide bonds. The number of nitrogens with one attached hydrogen (secondary N) is 1. The van der Waals surface area contributed by atoms with Gasteiger partial charge in [0.25, 0.3) is 21.8 Å². The lowest BCUT2D eigenvalue weighted by molar-refractivity contribution is 0.0792. The van der Waals surface area contributed by atoms with E-state index in [1.807, 2.05) is 29.2 Å². The fraction of sp³-hybridized carbons (Fsp3) is 0.379. The van der Waals surface area contributed by atoms with Gasteiger partial charge in [-0.05, 0) is 80.6 Å². The van der Waals surface area contributed by atoms with Crippen LogP contribution in [0.25, 0.3) is 0 Å². The molecule has 1 aromatic heterocycles. The zero-order valence-electron chi connectivity index (χ0n) is 22.0. The molecule has 0 saturated carbocycles. The van der Waals surface area contributed by atoms with Crippen LogP contribution in [0.15, 0.2) is 53.4 Å². The van der Waals surface area contributed by atoms with Gasteiger partial charge in [-0.3, -0.25) is 13.9 Å². The Balaban J connectivity index is 1.25. The van der Waals surface area contributed by atoms with Gasteiger partial charge in [0.05, 0.1) is 16.1 Å². The van der Waals surface area contributed by atoms with Gasteiger partial charge in [0.1, 0.15) is 5.00 Å². The van der Waals surface area contributed by atoms with Crippen molar-refractivity contribution in [2.45, 2.75) is 43.5 Å². The third kappa shape index (κ3) is 4.85. The van der Waals surface area contributed by atoms with Crippen molar-refractivity contribution in [2.75, 3.05) is 42.8 Å². The molecule has 3 aliphatic rings. The molecule has 0 radical (unpaired) electrons. The molecule has 3 aliphatic heterocycles. The molecule has 39 heavy (non-hydrogen) atoms. The average Bonchev–Trinajstić information content (AvgIpc) is 3.60. The highest BCUT2D eigenvalue weighted by atomic mass is 32.2. The van der Waals surface area contributed by atoms with Crippen molar-refractivity contribution in [3.63, 3.8) is 0 Å². The van der Waals surface area contributed by atoms with Gasteiger partial charge in [-0.25, -0.2) is 8.42 Å². The number of likely N-dealkylation sites (tertiary alicyclic amines) is 1. The molecule has 1 N–H and O–H groups in total. The highest BCUT2D eigenvalue weighted by molar-refractivity contribution is 7.92. The standard InChI is InChI=1S/C29H32N4O4S2/c1-31-18-14-23-25(19-31)38-28(26(23)29(35)32-15-4-5-16-32)30-27(34)21-10-12-22(13-11-21)39(36,37)33-17-6-8-20-7-2-3-9-24(20)33/h2-3,7,9-13H,4-6,8,14-19H2,1H3,(H,30,34). The number of carbonyl (C=O) groups is 2. The quantitative estimate of drug-likeness (QED) is 0.497. The van der Waals surface area contributed by atoms with E-state index < -0.39 is 10.0 Å². The summed E-state index contributed by atoms with van der Waals surface area (Å²) in [5, 5.41) is 3.57. The molecular weight excluding hydrogens is 532 g/mol. The van der Waals surface area contributed by atoms with Crippen molar-refractivity contribution < 1.29 is 18.0 Å². The van der Waals surface area contributed by atoms with Crippen LogP contribution in [-0.2, 0) is 29.4 Å². The molecule has 0 spiro atoms. The number of fused-ring (bicyclic) bond motifs is 2. The van der Waals surface area contributed by atoms with E-state index >= 15 is 0 Å². The number of hydrogen-bond acceptors (Lipinski definition) is 6. The summed E-state index contributed by atoms with van der Waals surface area (Å²) in [5.74, 6) is -0.363. The molecule has 2 aromatic carbocycles. The molecule has 0 aliphatic carbocycles. The minimum atomic E-state index is -3.76. The van der Waals surface area contributed by atoms with E-state index in [0.29, 0.717) is 28.4 Å². The van der Waals surface area contributed by atoms with Gasteiger partial charge < -0.3 is 15.1 Å². The van der Waals surface area contributed by atoms with Crippen molar-refractivity contribution in [1.82, 2.24) is 9.80 Å². The summed E-state index contributed by atoms with van der Waals surface area (Å²) in [4.78, 5) is 32.2. The van der Waals surface area contributed by atoms with E-state index in [1.54, 1.807) is 12.1 Å². The van der Waals surface area contributed by atoms with Crippen molar-refractivity contribution in [3.05, 3.63) is 75.7 Å². The molecular formula is C29H32N4O4S2. The first-order chi connectivity index (χ1) is 18.8. The maximum Gasteiger partial charge on any atom is 0.264 e. The van der Waals surface area contributed by atoms with E-state index in [-0.39, 0.29) is 16.7 Å². The Kier molecular flexibility index (Phi) is 6.95. The highest BCUT2D eigenvalue weighted by Gasteiger charge is 2.32. The zero-order chi connectivity index (χ0) is 27.1. The number of para-hydroxylation sites is 1. The number of anilines is 2. The van der Waals surface area contributed by atoms with Crippen molar-refractivity contribution >= 4 is 43.9 Å². The van der Waals surface area contributed by atoms with Gasteiger partial charge in [-0.2, -0.15) is 0 Å². The van der Waals surface area contributed by atoms with Gasteiger partial charge in [0.2, 0.25) is 0 Å². The van der Waals surface area contributed by atoms with E-state index in [0.717, 1.165) is 74.3 Å². The molecule has 0 bridgehead atoms. The van der Waals surface area contributed by atoms with E-state index in [1.165, 1.54) is 27.8 Å². The number of likely N-dealkylation sites (N-methyl/N-ethyl adjacent to an activating group) is 1. The van der Waals surface area contributed by atoms with Crippen molar-refractivity contribution in [3.8, 4) is 0 Å². The van der Waals surface area contributed by atoms with Gasteiger partial charge >= 0.3 is 0 Å². The Hall–Kier alpha value is -3.21. The second kappa shape index (κ2) is 10.4. The number of amides is 2. The molecule has 3 aromatic rings. The fourth-order valence-corrected chi connectivity index (χ4v) is 8.61. The lowest BCUT2D eigenvalue weighted by atomic mass is 10.0. The summed E-state index contributed by atoms with van der Waals surface area (Å²) >= 11 is 1.47.